The summed E-state index contributed by atoms with van der Waals surface area (Å²) >= 11 is 1.69. The molecule has 2 unspecified atom stereocenters. The lowest BCUT2D eigenvalue weighted by Crippen LogP contribution is -2.34. The molecule has 1 fully saturated rings. The molecular weight excluding hydrogens is 220 g/mol. The molecule has 2 atom stereocenters. The van der Waals surface area contributed by atoms with Crippen molar-refractivity contribution < 1.29 is 4.79 Å². The Bertz CT molecular complexity index is 348. The van der Waals surface area contributed by atoms with Gasteiger partial charge in [0.2, 0.25) is 5.91 Å². The SMILES string of the molecule is CC(N)CC(=O)N1CCCC1c1ccsc1. The van der Waals surface area contributed by atoms with Crippen LogP contribution in [0.5, 0.6) is 0 Å². The van der Waals surface area contributed by atoms with Gasteiger partial charge in [0.1, 0.15) is 0 Å². The molecule has 0 aliphatic carbocycles. The monoisotopic (exact) mass is 238 g/mol. The highest BCUT2D eigenvalue weighted by Crippen LogP contribution is 2.33. The van der Waals surface area contributed by atoms with E-state index in [9.17, 15) is 4.79 Å². The lowest BCUT2D eigenvalue weighted by Gasteiger charge is -2.25. The van der Waals surface area contributed by atoms with E-state index in [-0.39, 0.29) is 18.0 Å². The maximum absolute atomic E-state index is 12.0. The molecule has 3 nitrogen and oxygen atoms in total. The predicted molar refractivity (Wildman–Crippen MR) is 66.3 cm³/mol. The van der Waals surface area contributed by atoms with Gasteiger partial charge in [0.05, 0.1) is 6.04 Å². The summed E-state index contributed by atoms with van der Waals surface area (Å²) in [4.78, 5) is 14.0. The van der Waals surface area contributed by atoms with Crippen LogP contribution in [0, 0.1) is 0 Å². The molecule has 0 aromatic carbocycles. The number of nitrogens with two attached hydrogens (primary N) is 1. The first-order chi connectivity index (χ1) is 7.68. The molecule has 0 spiro atoms. The minimum atomic E-state index is -0.0452. The molecule has 1 aliphatic heterocycles. The lowest BCUT2D eigenvalue weighted by molar-refractivity contribution is -0.132. The topological polar surface area (TPSA) is 46.3 Å². The molecule has 4 heteroatoms. The molecular formula is C12H18N2OS. The third kappa shape index (κ3) is 2.44. The average Bonchev–Trinajstić information content (AvgIpc) is 2.87. The molecule has 16 heavy (non-hydrogen) atoms. The fourth-order valence-electron chi connectivity index (χ4n) is 2.27. The molecule has 2 rings (SSSR count). The van der Waals surface area contributed by atoms with Crippen LogP contribution in [0.4, 0.5) is 0 Å². The Morgan fingerprint density at radius 1 is 1.75 bits per heavy atom. The Morgan fingerprint density at radius 2 is 2.56 bits per heavy atom. The largest absolute Gasteiger partial charge is 0.336 e. The van der Waals surface area contributed by atoms with Gasteiger partial charge in [0.15, 0.2) is 0 Å². The quantitative estimate of drug-likeness (QED) is 0.877. The zero-order chi connectivity index (χ0) is 11.5. The van der Waals surface area contributed by atoms with E-state index in [1.165, 1.54) is 5.56 Å². The molecule has 1 aromatic rings. The van der Waals surface area contributed by atoms with Crippen molar-refractivity contribution in [2.24, 2.45) is 5.73 Å². The van der Waals surface area contributed by atoms with Crippen molar-refractivity contribution in [2.75, 3.05) is 6.54 Å². The molecule has 1 amide bonds. The van der Waals surface area contributed by atoms with Crippen LogP contribution in [0.1, 0.15) is 37.8 Å². The summed E-state index contributed by atoms with van der Waals surface area (Å²) in [6, 6.07) is 2.36. The average molecular weight is 238 g/mol. The summed E-state index contributed by atoms with van der Waals surface area (Å²) in [5, 5.41) is 4.21. The number of carbonyl (C=O) groups excluding carboxylic acids is 1. The summed E-state index contributed by atoms with van der Waals surface area (Å²) in [6.45, 7) is 2.76. The number of hydrogen-bond acceptors (Lipinski definition) is 3. The van der Waals surface area contributed by atoms with Crippen LogP contribution in [0.2, 0.25) is 0 Å². The second kappa shape index (κ2) is 4.97. The van der Waals surface area contributed by atoms with E-state index in [0.717, 1.165) is 19.4 Å². The zero-order valence-electron chi connectivity index (χ0n) is 9.56. The van der Waals surface area contributed by atoms with Crippen LogP contribution >= 0.6 is 11.3 Å². The number of nitrogens with zero attached hydrogens (tertiary/aromatic N) is 1. The van der Waals surface area contributed by atoms with E-state index in [2.05, 4.69) is 16.8 Å². The number of rotatable bonds is 3. The first-order valence-corrected chi connectivity index (χ1v) is 6.70. The summed E-state index contributed by atoms with van der Waals surface area (Å²) < 4.78 is 0. The molecule has 0 radical (unpaired) electrons. The Balaban J connectivity index is 2.06. The van der Waals surface area contributed by atoms with E-state index in [1.807, 2.05) is 11.8 Å². The van der Waals surface area contributed by atoms with Gasteiger partial charge in [-0.1, -0.05) is 0 Å². The predicted octanol–water partition coefficient (Wildman–Crippen LogP) is 2.15. The Morgan fingerprint density at radius 3 is 3.19 bits per heavy atom. The van der Waals surface area contributed by atoms with Crippen molar-refractivity contribution >= 4 is 17.2 Å². The third-order valence-electron chi connectivity index (χ3n) is 3.00. The zero-order valence-corrected chi connectivity index (χ0v) is 10.4. The number of thiophene rings is 1. The molecule has 0 saturated carbocycles. The lowest BCUT2D eigenvalue weighted by atomic mass is 10.1. The molecule has 0 bridgehead atoms. The smallest absolute Gasteiger partial charge is 0.224 e. The molecule has 1 saturated heterocycles. The summed E-state index contributed by atoms with van der Waals surface area (Å²) in [5.74, 6) is 0.198. The number of carbonyl (C=O) groups is 1. The number of likely N-dealkylation sites (tertiary alicyclic amines) is 1. The fourth-order valence-corrected chi connectivity index (χ4v) is 2.98. The van der Waals surface area contributed by atoms with Gasteiger partial charge in [-0.2, -0.15) is 11.3 Å². The van der Waals surface area contributed by atoms with E-state index in [4.69, 9.17) is 5.73 Å². The number of hydrogen-bond donors (Lipinski definition) is 1. The maximum atomic E-state index is 12.0. The van der Waals surface area contributed by atoms with E-state index in [0.29, 0.717) is 6.42 Å². The highest BCUT2D eigenvalue weighted by molar-refractivity contribution is 7.07. The highest BCUT2D eigenvalue weighted by Gasteiger charge is 2.30. The fraction of sp³-hybridized carbons (Fsp3) is 0.583. The normalized spacial score (nSPS) is 22.4. The van der Waals surface area contributed by atoms with Gasteiger partial charge >= 0.3 is 0 Å². The second-order valence-electron chi connectivity index (χ2n) is 4.48. The summed E-state index contributed by atoms with van der Waals surface area (Å²) in [7, 11) is 0. The number of amides is 1. The Hall–Kier alpha value is -0.870. The minimum absolute atomic E-state index is 0.0452. The van der Waals surface area contributed by atoms with Crippen molar-refractivity contribution in [2.45, 2.75) is 38.3 Å². The van der Waals surface area contributed by atoms with Gasteiger partial charge in [-0.3, -0.25) is 4.79 Å². The van der Waals surface area contributed by atoms with E-state index in [1.54, 1.807) is 11.3 Å². The van der Waals surface area contributed by atoms with Crippen molar-refractivity contribution in [1.82, 2.24) is 4.90 Å². The van der Waals surface area contributed by atoms with Gasteiger partial charge in [0, 0.05) is 19.0 Å². The van der Waals surface area contributed by atoms with Gasteiger partial charge in [-0.05, 0) is 42.2 Å². The van der Waals surface area contributed by atoms with Crippen LogP contribution in [0.25, 0.3) is 0 Å². The van der Waals surface area contributed by atoms with Crippen LogP contribution in [-0.2, 0) is 4.79 Å². The van der Waals surface area contributed by atoms with Crippen molar-refractivity contribution in [3.8, 4) is 0 Å². The van der Waals surface area contributed by atoms with Crippen molar-refractivity contribution in [3.05, 3.63) is 22.4 Å². The van der Waals surface area contributed by atoms with Gasteiger partial charge in [-0.15, -0.1) is 0 Å². The molecule has 1 aromatic heterocycles. The molecule has 2 N–H and O–H groups in total. The van der Waals surface area contributed by atoms with Crippen LogP contribution < -0.4 is 5.73 Å². The Labute approximate surface area is 100 Å². The van der Waals surface area contributed by atoms with Crippen molar-refractivity contribution in [3.63, 3.8) is 0 Å². The van der Waals surface area contributed by atoms with Crippen LogP contribution in [0.3, 0.4) is 0 Å². The third-order valence-corrected chi connectivity index (χ3v) is 3.70. The molecule has 1 aliphatic rings. The minimum Gasteiger partial charge on any atom is -0.336 e. The first kappa shape index (κ1) is 11.6. The summed E-state index contributed by atoms with van der Waals surface area (Å²) in [6.07, 6.45) is 2.65. The van der Waals surface area contributed by atoms with Gasteiger partial charge < -0.3 is 10.6 Å². The standard InChI is InChI=1S/C12H18N2OS/c1-9(13)7-12(15)14-5-2-3-11(14)10-4-6-16-8-10/h4,6,8-9,11H,2-3,5,7,13H2,1H3. The second-order valence-corrected chi connectivity index (χ2v) is 5.26. The van der Waals surface area contributed by atoms with Crippen LogP contribution in [0.15, 0.2) is 16.8 Å². The molecule has 2 heterocycles. The Kier molecular flexibility index (Phi) is 3.61. The van der Waals surface area contributed by atoms with Gasteiger partial charge in [0.25, 0.3) is 0 Å². The summed E-state index contributed by atoms with van der Waals surface area (Å²) in [5.41, 5.74) is 6.96. The highest BCUT2D eigenvalue weighted by atomic mass is 32.1. The first-order valence-electron chi connectivity index (χ1n) is 5.75. The van der Waals surface area contributed by atoms with Gasteiger partial charge in [-0.25, -0.2) is 0 Å². The van der Waals surface area contributed by atoms with E-state index < -0.39 is 0 Å². The van der Waals surface area contributed by atoms with Crippen molar-refractivity contribution in [1.29, 1.82) is 0 Å². The van der Waals surface area contributed by atoms with E-state index >= 15 is 0 Å². The maximum Gasteiger partial charge on any atom is 0.224 e. The van der Waals surface area contributed by atoms with Crippen LogP contribution in [-0.4, -0.2) is 23.4 Å². The molecule has 88 valence electrons.